The SMILES string of the molecule is CN[C@H]1CCN(c2ccccc2F)C1=O. The van der Waals surface area contributed by atoms with E-state index in [0.29, 0.717) is 12.2 Å². The molecule has 1 saturated heterocycles. The molecule has 0 spiro atoms. The number of hydrogen-bond donors (Lipinski definition) is 1. The maximum Gasteiger partial charge on any atom is 0.244 e. The summed E-state index contributed by atoms with van der Waals surface area (Å²) < 4.78 is 13.4. The van der Waals surface area contributed by atoms with Crippen molar-refractivity contribution >= 4 is 11.6 Å². The number of carbonyl (C=O) groups excluding carboxylic acids is 1. The standard InChI is InChI=1S/C11H13FN2O/c1-13-9-6-7-14(11(9)15)10-5-3-2-4-8(10)12/h2-5,9,13H,6-7H2,1H3/t9-/m0/s1. The fourth-order valence-electron chi connectivity index (χ4n) is 1.86. The van der Waals surface area contributed by atoms with Crippen LogP contribution < -0.4 is 10.2 Å². The van der Waals surface area contributed by atoms with Crippen LogP contribution in [0.1, 0.15) is 6.42 Å². The topological polar surface area (TPSA) is 32.3 Å². The van der Waals surface area contributed by atoms with Crippen molar-refractivity contribution in [3.05, 3.63) is 30.1 Å². The lowest BCUT2D eigenvalue weighted by atomic mass is 10.2. The molecule has 4 heteroatoms. The van der Waals surface area contributed by atoms with Gasteiger partial charge in [0, 0.05) is 6.54 Å². The van der Waals surface area contributed by atoms with E-state index in [2.05, 4.69) is 5.32 Å². The summed E-state index contributed by atoms with van der Waals surface area (Å²) in [6, 6.07) is 6.18. The Morgan fingerprint density at radius 3 is 2.80 bits per heavy atom. The van der Waals surface area contributed by atoms with E-state index in [4.69, 9.17) is 0 Å². The first-order valence-corrected chi connectivity index (χ1v) is 4.97. The van der Waals surface area contributed by atoms with Crippen molar-refractivity contribution in [3.63, 3.8) is 0 Å². The number of para-hydroxylation sites is 1. The van der Waals surface area contributed by atoms with Crippen LogP contribution in [0.3, 0.4) is 0 Å². The fourth-order valence-corrected chi connectivity index (χ4v) is 1.86. The summed E-state index contributed by atoms with van der Waals surface area (Å²) in [6.45, 7) is 0.575. The minimum Gasteiger partial charge on any atom is -0.309 e. The molecule has 0 saturated carbocycles. The average molecular weight is 208 g/mol. The van der Waals surface area contributed by atoms with Gasteiger partial charge in [-0.2, -0.15) is 0 Å². The number of nitrogens with one attached hydrogen (secondary N) is 1. The number of rotatable bonds is 2. The van der Waals surface area contributed by atoms with Gasteiger partial charge in [-0.3, -0.25) is 4.79 Å². The third-order valence-electron chi connectivity index (χ3n) is 2.70. The Morgan fingerprint density at radius 2 is 2.20 bits per heavy atom. The number of benzene rings is 1. The van der Waals surface area contributed by atoms with Gasteiger partial charge in [-0.25, -0.2) is 4.39 Å². The van der Waals surface area contributed by atoms with Crippen LogP contribution in [0.25, 0.3) is 0 Å². The highest BCUT2D eigenvalue weighted by atomic mass is 19.1. The predicted molar refractivity (Wildman–Crippen MR) is 56.2 cm³/mol. The van der Waals surface area contributed by atoms with E-state index >= 15 is 0 Å². The molecule has 1 N–H and O–H groups in total. The van der Waals surface area contributed by atoms with Gasteiger partial charge >= 0.3 is 0 Å². The van der Waals surface area contributed by atoms with Gasteiger partial charge in [-0.15, -0.1) is 0 Å². The first-order chi connectivity index (χ1) is 7.24. The summed E-state index contributed by atoms with van der Waals surface area (Å²) in [7, 11) is 1.74. The molecule has 0 bridgehead atoms. The van der Waals surface area contributed by atoms with Crippen molar-refractivity contribution in [2.45, 2.75) is 12.5 Å². The third-order valence-corrected chi connectivity index (χ3v) is 2.70. The van der Waals surface area contributed by atoms with Gasteiger partial charge in [0.15, 0.2) is 0 Å². The van der Waals surface area contributed by atoms with Crippen LogP contribution in [0.4, 0.5) is 10.1 Å². The van der Waals surface area contributed by atoms with Gasteiger partial charge in [0.25, 0.3) is 0 Å². The molecular weight excluding hydrogens is 195 g/mol. The van der Waals surface area contributed by atoms with Crippen LogP contribution in [0.15, 0.2) is 24.3 Å². The summed E-state index contributed by atoms with van der Waals surface area (Å²) >= 11 is 0. The quantitative estimate of drug-likeness (QED) is 0.790. The van der Waals surface area contributed by atoms with Crippen molar-refractivity contribution in [2.75, 3.05) is 18.5 Å². The van der Waals surface area contributed by atoms with Crippen LogP contribution in [0.2, 0.25) is 0 Å². The minimum absolute atomic E-state index is 0.0531. The second kappa shape index (κ2) is 3.98. The van der Waals surface area contributed by atoms with E-state index < -0.39 is 0 Å². The van der Waals surface area contributed by atoms with Gasteiger partial charge in [0.1, 0.15) is 5.82 Å². The lowest BCUT2D eigenvalue weighted by Crippen LogP contribution is -2.36. The molecule has 15 heavy (non-hydrogen) atoms. The van der Waals surface area contributed by atoms with E-state index in [0.717, 1.165) is 6.42 Å². The number of amides is 1. The summed E-state index contributed by atoms with van der Waals surface area (Å²) in [6.07, 6.45) is 0.726. The number of nitrogens with zero attached hydrogens (tertiary/aromatic N) is 1. The Balaban J connectivity index is 2.27. The van der Waals surface area contributed by atoms with Crippen LogP contribution in [0, 0.1) is 5.82 Å². The predicted octanol–water partition coefficient (Wildman–Crippen LogP) is 1.15. The maximum atomic E-state index is 13.4. The van der Waals surface area contributed by atoms with Crippen molar-refractivity contribution in [2.24, 2.45) is 0 Å². The Kier molecular flexibility index (Phi) is 2.68. The zero-order valence-electron chi connectivity index (χ0n) is 8.53. The van der Waals surface area contributed by atoms with Crippen LogP contribution in [0.5, 0.6) is 0 Å². The van der Waals surface area contributed by atoms with E-state index in [1.165, 1.54) is 11.0 Å². The van der Waals surface area contributed by atoms with E-state index in [1.807, 2.05) is 0 Å². The third kappa shape index (κ3) is 1.72. The van der Waals surface area contributed by atoms with E-state index in [9.17, 15) is 9.18 Å². The Labute approximate surface area is 87.9 Å². The molecule has 1 amide bonds. The highest BCUT2D eigenvalue weighted by molar-refractivity contribution is 5.99. The minimum atomic E-state index is -0.345. The van der Waals surface area contributed by atoms with Crippen LogP contribution in [-0.2, 0) is 4.79 Å². The number of halogens is 1. The molecule has 80 valence electrons. The van der Waals surface area contributed by atoms with Gasteiger partial charge in [0.2, 0.25) is 5.91 Å². The van der Waals surface area contributed by atoms with Gasteiger partial charge in [-0.05, 0) is 25.6 Å². The lowest BCUT2D eigenvalue weighted by molar-refractivity contribution is -0.118. The van der Waals surface area contributed by atoms with Crippen molar-refractivity contribution in [1.82, 2.24) is 5.32 Å². The van der Waals surface area contributed by atoms with Crippen molar-refractivity contribution < 1.29 is 9.18 Å². The van der Waals surface area contributed by atoms with Gasteiger partial charge in [0.05, 0.1) is 11.7 Å². The van der Waals surface area contributed by atoms with Crippen molar-refractivity contribution in [1.29, 1.82) is 0 Å². The molecule has 2 rings (SSSR count). The molecule has 1 atom stereocenters. The first-order valence-electron chi connectivity index (χ1n) is 4.97. The number of carbonyl (C=O) groups is 1. The number of hydrogen-bond acceptors (Lipinski definition) is 2. The molecule has 0 aliphatic carbocycles. The molecule has 3 nitrogen and oxygen atoms in total. The smallest absolute Gasteiger partial charge is 0.244 e. The van der Waals surface area contributed by atoms with Gasteiger partial charge < -0.3 is 10.2 Å². The zero-order valence-corrected chi connectivity index (χ0v) is 8.53. The molecule has 0 aromatic heterocycles. The normalized spacial score (nSPS) is 21.1. The Bertz CT molecular complexity index is 381. The molecule has 1 fully saturated rings. The van der Waals surface area contributed by atoms with Crippen LogP contribution in [-0.4, -0.2) is 25.5 Å². The highest BCUT2D eigenvalue weighted by Crippen LogP contribution is 2.23. The zero-order chi connectivity index (χ0) is 10.8. The maximum absolute atomic E-state index is 13.4. The van der Waals surface area contributed by atoms with Crippen LogP contribution >= 0.6 is 0 Å². The summed E-state index contributed by atoms with van der Waals surface area (Å²) in [5.74, 6) is -0.398. The molecule has 1 heterocycles. The van der Waals surface area contributed by atoms with Crippen molar-refractivity contribution in [3.8, 4) is 0 Å². The monoisotopic (exact) mass is 208 g/mol. The summed E-state index contributed by atoms with van der Waals surface area (Å²) in [5, 5.41) is 2.92. The van der Waals surface area contributed by atoms with Gasteiger partial charge in [-0.1, -0.05) is 12.1 Å². The molecule has 1 aliphatic rings. The molecule has 1 aromatic rings. The molecule has 0 unspecified atom stereocenters. The molecule has 0 radical (unpaired) electrons. The van der Waals surface area contributed by atoms with E-state index in [1.54, 1.807) is 25.2 Å². The molecular formula is C11H13FN2O. The van der Waals surface area contributed by atoms with E-state index in [-0.39, 0.29) is 17.8 Å². The second-order valence-corrected chi connectivity index (χ2v) is 3.57. The molecule has 1 aliphatic heterocycles. The Morgan fingerprint density at radius 1 is 1.47 bits per heavy atom. The molecule has 1 aromatic carbocycles. The fraction of sp³-hybridized carbons (Fsp3) is 0.364. The second-order valence-electron chi connectivity index (χ2n) is 3.57. The number of likely N-dealkylation sites (N-methyl/N-ethyl adjacent to an activating group) is 1. The number of anilines is 1. The largest absolute Gasteiger partial charge is 0.309 e. The Hall–Kier alpha value is -1.42. The average Bonchev–Trinajstić information content (AvgIpc) is 2.60. The highest BCUT2D eigenvalue weighted by Gasteiger charge is 2.32. The first kappa shape index (κ1) is 10.1. The summed E-state index contributed by atoms with van der Waals surface area (Å²) in [5.41, 5.74) is 0.375. The lowest BCUT2D eigenvalue weighted by Gasteiger charge is -2.17. The summed E-state index contributed by atoms with van der Waals surface area (Å²) in [4.78, 5) is 13.3.